The Morgan fingerprint density at radius 1 is 1.00 bits per heavy atom. The molecule has 3 aromatic rings. The van der Waals surface area contributed by atoms with E-state index >= 15 is 0 Å². The largest absolute Gasteiger partial charge is 0.343 e. The summed E-state index contributed by atoms with van der Waals surface area (Å²) in [4.78, 5) is 62.2. The van der Waals surface area contributed by atoms with Crippen LogP contribution in [0.2, 0.25) is 0 Å². The maximum absolute atomic E-state index is 13.3. The maximum atomic E-state index is 13.3. The first kappa shape index (κ1) is 19.5. The minimum absolute atomic E-state index is 0.150. The van der Waals surface area contributed by atoms with E-state index in [1.54, 1.807) is 28.3 Å². The number of urea groups is 1. The third kappa shape index (κ3) is 2.98. The van der Waals surface area contributed by atoms with E-state index in [0.29, 0.717) is 30.8 Å². The van der Waals surface area contributed by atoms with Crippen molar-refractivity contribution in [2.24, 2.45) is 0 Å². The summed E-state index contributed by atoms with van der Waals surface area (Å²) in [7, 11) is 0. The molecule has 10 heteroatoms. The van der Waals surface area contributed by atoms with Gasteiger partial charge in [-0.2, -0.15) is 0 Å². The van der Waals surface area contributed by atoms with E-state index in [9.17, 15) is 19.2 Å². The molecule has 10 nitrogen and oxygen atoms in total. The summed E-state index contributed by atoms with van der Waals surface area (Å²) in [5.74, 6) is -0.983. The number of aromatic amines is 1. The predicted octanol–water partition coefficient (Wildman–Crippen LogP) is 1.77. The van der Waals surface area contributed by atoms with E-state index in [4.69, 9.17) is 0 Å². The van der Waals surface area contributed by atoms with Crippen LogP contribution in [-0.4, -0.2) is 57.8 Å². The summed E-state index contributed by atoms with van der Waals surface area (Å²) >= 11 is 0. The smallest absolute Gasteiger partial charge is 0.329 e. The van der Waals surface area contributed by atoms with Crippen molar-refractivity contribution >= 4 is 46.2 Å². The van der Waals surface area contributed by atoms with E-state index in [1.165, 1.54) is 4.90 Å². The van der Waals surface area contributed by atoms with Crippen LogP contribution in [0.25, 0.3) is 11.0 Å². The highest BCUT2D eigenvalue weighted by atomic mass is 16.2. The molecule has 3 aliphatic rings. The quantitative estimate of drug-likeness (QED) is 0.597. The number of amides is 5. The van der Waals surface area contributed by atoms with Crippen LogP contribution >= 0.6 is 0 Å². The molecule has 5 amide bonds. The second-order valence-corrected chi connectivity index (χ2v) is 8.40. The fourth-order valence-corrected chi connectivity index (χ4v) is 4.90. The number of imidazole rings is 1. The van der Waals surface area contributed by atoms with Crippen LogP contribution in [0, 0.1) is 0 Å². The number of anilines is 2. The molecular weight excluding hydrogens is 424 g/mol. The fourth-order valence-electron chi connectivity index (χ4n) is 4.90. The molecule has 1 aromatic heterocycles. The number of H-pyrrole nitrogens is 1. The van der Waals surface area contributed by atoms with Gasteiger partial charge < -0.3 is 9.88 Å². The van der Waals surface area contributed by atoms with Crippen molar-refractivity contribution < 1.29 is 19.2 Å². The number of rotatable bonds is 3. The van der Waals surface area contributed by atoms with Gasteiger partial charge in [-0.05, 0) is 42.3 Å². The van der Waals surface area contributed by atoms with E-state index in [1.807, 2.05) is 24.3 Å². The molecule has 0 spiro atoms. The van der Waals surface area contributed by atoms with Gasteiger partial charge in [0.05, 0.1) is 23.0 Å². The average molecular weight is 444 g/mol. The highest BCUT2D eigenvalue weighted by Crippen LogP contribution is 2.33. The highest BCUT2D eigenvalue weighted by molar-refractivity contribution is 6.10. The average Bonchev–Trinajstić information content (AvgIpc) is 3.51. The molecule has 0 radical (unpaired) electrons. The molecule has 2 aromatic carbocycles. The number of nitrogens with one attached hydrogen (secondary N) is 2. The van der Waals surface area contributed by atoms with E-state index in [0.717, 1.165) is 22.3 Å². The van der Waals surface area contributed by atoms with Gasteiger partial charge in [0.25, 0.3) is 5.91 Å². The Labute approximate surface area is 188 Å². The number of fused-ring (bicyclic) bond motifs is 2. The van der Waals surface area contributed by atoms with Crippen LogP contribution in [0.4, 0.5) is 16.2 Å². The van der Waals surface area contributed by atoms with Crippen molar-refractivity contribution in [3.63, 3.8) is 0 Å². The topological polar surface area (TPSA) is 119 Å². The van der Waals surface area contributed by atoms with Crippen LogP contribution in [-0.2, 0) is 16.1 Å². The van der Waals surface area contributed by atoms with Gasteiger partial charge in [0.15, 0.2) is 0 Å². The van der Waals surface area contributed by atoms with Crippen LogP contribution in [0.15, 0.2) is 42.7 Å². The maximum Gasteiger partial charge on any atom is 0.329 e. The van der Waals surface area contributed by atoms with E-state index < -0.39 is 11.9 Å². The van der Waals surface area contributed by atoms with Gasteiger partial charge in [-0.15, -0.1) is 0 Å². The highest BCUT2D eigenvalue weighted by Gasteiger charge is 2.40. The zero-order chi connectivity index (χ0) is 22.7. The van der Waals surface area contributed by atoms with Crippen molar-refractivity contribution in [3.05, 3.63) is 53.9 Å². The number of imide groups is 1. The van der Waals surface area contributed by atoms with E-state index in [2.05, 4.69) is 15.3 Å². The number of hydrogen-bond acceptors (Lipinski definition) is 5. The lowest BCUT2D eigenvalue weighted by Gasteiger charge is -2.29. The number of piperidine rings is 1. The summed E-state index contributed by atoms with van der Waals surface area (Å²) in [6.07, 6.45) is 2.14. The molecule has 0 bridgehead atoms. The number of hydrogen-bond donors (Lipinski definition) is 2. The third-order valence-electron chi connectivity index (χ3n) is 6.55. The SMILES string of the molecule is O=C1CCC(N2Cc3cc(N4CCN(c5cccc6nc[nH]c56)C4=O)ccc3C2=O)C(=O)N1. The van der Waals surface area contributed by atoms with Crippen LogP contribution in [0.5, 0.6) is 0 Å². The molecule has 2 N–H and O–H groups in total. The first-order valence-corrected chi connectivity index (χ1v) is 10.8. The van der Waals surface area contributed by atoms with E-state index in [-0.39, 0.29) is 30.8 Å². The number of nitrogens with zero attached hydrogens (tertiary/aromatic N) is 4. The Morgan fingerprint density at radius 3 is 2.70 bits per heavy atom. The van der Waals surface area contributed by atoms with Crippen molar-refractivity contribution in [1.29, 1.82) is 0 Å². The Morgan fingerprint density at radius 2 is 1.85 bits per heavy atom. The fraction of sp³-hybridized carbons (Fsp3) is 0.261. The number of aromatic nitrogens is 2. The van der Waals surface area contributed by atoms with Gasteiger partial charge in [0.2, 0.25) is 11.8 Å². The second-order valence-electron chi connectivity index (χ2n) is 8.40. The summed E-state index contributed by atoms with van der Waals surface area (Å²) in [5.41, 5.74) is 4.38. The molecule has 3 aliphatic heterocycles. The Bertz CT molecular complexity index is 1350. The zero-order valence-corrected chi connectivity index (χ0v) is 17.6. The first-order valence-electron chi connectivity index (χ1n) is 10.8. The standard InChI is InChI=1S/C23H20N6O4/c30-19-7-6-18(21(31)26-19)29-11-13-10-14(4-5-15(13)22(29)32)27-8-9-28(23(27)33)17-3-1-2-16-20(17)25-12-24-16/h1-5,10,12,18H,6-9,11H2,(H,24,25)(H,26,30,31). The van der Waals surface area contributed by atoms with Crippen molar-refractivity contribution in [2.75, 3.05) is 22.9 Å². The lowest BCUT2D eigenvalue weighted by atomic mass is 10.0. The van der Waals surface area contributed by atoms with Crippen LogP contribution < -0.4 is 15.1 Å². The number of para-hydroxylation sites is 1. The van der Waals surface area contributed by atoms with Crippen molar-refractivity contribution in [1.82, 2.24) is 20.2 Å². The molecule has 6 rings (SSSR count). The summed E-state index contributed by atoms with van der Waals surface area (Å²) in [6.45, 7) is 1.30. The number of benzene rings is 2. The molecular formula is C23H20N6O4. The molecule has 166 valence electrons. The first-order chi connectivity index (χ1) is 16.0. The van der Waals surface area contributed by atoms with Gasteiger partial charge >= 0.3 is 6.03 Å². The Kier molecular flexibility index (Phi) is 4.22. The molecule has 2 saturated heterocycles. The molecule has 0 aliphatic carbocycles. The summed E-state index contributed by atoms with van der Waals surface area (Å²) in [6, 6.07) is 10.2. The summed E-state index contributed by atoms with van der Waals surface area (Å²) < 4.78 is 0. The minimum Gasteiger partial charge on any atom is -0.343 e. The van der Waals surface area contributed by atoms with Gasteiger partial charge in [-0.1, -0.05) is 6.07 Å². The number of carbonyl (C=O) groups is 4. The van der Waals surface area contributed by atoms with Gasteiger partial charge in [0, 0.05) is 37.3 Å². The molecule has 4 heterocycles. The van der Waals surface area contributed by atoms with Gasteiger partial charge in [0.1, 0.15) is 6.04 Å². The monoisotopic (exact) mass is 444 g/mol. The minimum atomic E-state index is -0.662. The lowest BCUT2D eigenvalue weighted by Crippen LogP contribution is -2.52. The molecule has 1 unspecified atom stereocenters. The second kappa shape index (κ2) is 7.16. The normalized spacial score (nSPS) is 20.7. The predicted molar refractivity (Wildman–Crippen MR) is 119 cm³/mol. The molecule has 0 saturated carbocycles. The zero-order valence-electron chi connectivity index (χ0n) is 17.6. The molecule has 1 atom stereocenters. The van der Waals surface area contributed by atoms with Crippen LogP contribution in [0.1, 0.15) is 28.8 Å². The number of carbonyl (C=O) groups excluding carboxylic acids is 4. The lowest BCUT2D eigenvalue weighted by molar-refractivity contribution is -0.136. The van der Waals surface area contributed by atoms with Crippen molar-refractivity contribution in [3.8, 4) is 0 Å². The van der Waals surface area contributed by atoms with Crippen molar-refractivity contribution in [2.45, 2.75) is 25.4 Å². The summed E-state index contributed by atoms with van der Waals surface area (Å²) in [5, 5.41) is 2.31. The molecule has 2 fully saturated rings. The van der Waals surface area contributed by atoms with Gasteiger partial charge in [-0.25, -0.2) is 9.78 Å². The molecule has 33 heavy (non-hydrogen) atoms. The van der Waals surface area contributed by atoms with Crippen LogP contribution in [0.3, 0.4) is 0 Å². The van der Waals surface area contributed by atoms with Gasteiger partial charge in [-0.3, -0.25) is 29.5 Å². The Balaban J connectivity index is 1.25. The third-order valence-corrected chi connectivity index (χ3v) is 6.55. The Hall–Kier alpha value is -4.21.